The maximum atomic E-state index is 12.3. The molecule has 1 unspecified atom stereocenters. The van der Waals surface area contributed by atoms with Crippen LogP contribution in [0.3, 0.4) is 0 Å². The number of ether oxygens (including phenoxy) is 1. The van der Waals surface area contributed by atoms with E-state index in [9.17, 15) is 4.79 Å². The third-order valence-electron chi connectivity index (χ3n) is 3.13. The fraction of sp³-hybridized carbons (Fsp3) is 0.286. The molecule has 1 aromatic heterocycles. The van der Waals surface area contributed by atoms with E-state index in [0.717, 1.165) is 10.9 Å². The first-order valence-electron chi connectivity index (χ1n) is 6.15. The molecule has 1 saturated heterocycles. The normalized spacial score (nSPS) is 19.6. The van der Waals surface area contributed by atoms with Gasteiger partial charge in [0.25, 0.3) is 5.91 Å². The molecular weight excluding hydrogens is 264 g/mol. The van der Waals surface area contributed by atoms with E-state index in [1.807, 2.05) is 30.3 Å². The highest BCUT2D eigenvalue weighted by molar-refractivity contribution is 6.20. The number of halogens is 1. The number of aromatic nitrogens is 1. The lowest BCUT2D eigenvalue weighted by molar-refractivity contribution is 0.0138. The number of nitrogens with zero attached hydrogens (tertiary/aromatic N) is 2. The van der Waals surface area contributed by atoms with Gasteiger partial charge in [-0.25, -0.2) is 4.98 Å². The minimum absolute atomic E-state index is 0.0975. The van der Waals surface area contributed by atoms with Crippen LogP contribution in [0.1, 0.15) is 10.5 Å². The van der Waals surface area contributed by atoms with Crippen molar-refractivity contribution < 1.29 is 9.53 Å². The van der Waals surface area contributed by atoms with Crippen LogP contribution in [0.4, 0.5) is 0 Å². The van der Waals surface area contributed by atoms with Crippen LogP contribution < -0.4 is 0 Å². The number of benzene rings is 1. The van der Waals surface area contributed by atoms with Gasteiger partial charge < -0.3 is 9.64 Å². The van der Waals surface area contributed by atoms with Crippen molar-refractivity contribution in [2.75, 3.05) is 19.7 Å². The molecule has 19 heavy (non-hydrogen) atoms. The van der Waals surface area contributed by atoms with Gasteiger partial charge in [0, 0.05) is 11.9 Å². The van der Waals surface area contributed by atoms with Crippen molar-refractivity contribution in [2.24, 2.45) is 0 Å². The summed E-state index contributed by atoms with van der Waals surface area (Å²) in [6.45, 7) is 1.42. The third kappa shape index (κ3) is 2.55. The van der Waals surface area contributed by atoms with Gasteiger partial charge in [-0.1, -0.05) is 35.9 Å². The van der Waals surface area contributed by atoms with Gasteiger partial charge in [0.15, 0.2) is 0 Å². The summed E-state index contributed by atoms with van der Waals surface area (Å²) in [5.74, 6) is -0.0975. The van der Waals surface area contributed by atoms with Gasteiger partial charge in [0.1, 0.15) is 11.3 Å². The van der Waals surface area contributed by atoms with Gasteiger partial charge in [-0.15, -0.1) is 0 Å². The Morgan fingerprint density at radius 2 is 2.16 bits per heavy atom. The highest BCUT2D eigenvalue weighted by atomic mass is 35.5. The zero-order chi connectivity index (χ0) is 13.2. The standard InChI is InChI=1S/C14H13ClN2O2/c15-13-9-17(7-8-19-13)14(18)12-6-5-10-3-1-2-4-11(10)16-12/h1-6,13H,7-9H2. The number of amides is 1. The molecule has 5 heteroatoms. The summed E-state index contributed by atoms with van der Waals surface area (Å²) in [7, 11) is 0. The minimum atomic E-state index is -0.432. The van der Waals surface area contributed by atoms with Crippen molar-refractivity contribution in [3.8, 4) is 0 Å². The monoisotopic (exact) mass is 276 g/mol. The zero-order valence-corrected chi connectivity index (χ0v) is 11.0. The lowest BCUT2D eigenvalue weighted by atomic mass is 10.2. The predicted molar refractivity (Wildman–Crippen MR) is 73.2 cm³/mol. The average molecular weight is 277 g/mol. The zero-order valence-electron chi connectivity index (χ0n) is 10.3. The molecule has 98 valence electrons. The second kappa shape index (κ2) is 5.15. The first kappa shape index (κ1) is 12.4. The van der Waals surface area contributed by atoms with Crippen LogP contribution in [-0.4, -0.2) is 41.1 Å². The number of carbonyl (C=O) groups excluding carboxylic acids is 1. The van der Waals surface area contributed by atoms with Crippen molar-refractivity contribution in [3.05, 3.63) is 42.1 Å². The molecule has 1 aliphatic heterocycles. The Bertz CT molecular complexity index is 617. The van der Waals surface area contributed by atoms with Gasteiger partial charge in [-0.2, -0.15) is 0 Å². The molecule has 0 saturated carbocycles. The molecule has 1 fully saturated rings. The summed E-state index contributed by atoms with van der Waals surface area (Å²) in [5, 5.41) is 1.02. The maximum Gasteiger partial charge on any atom is 0.272 e. The first-order valence-corrected chi connectivity index (χ1v) is 6.58. The Labute approximate surface area is 115 Å². The number of fused-ring (bicyclic) bond motifs is 1. The molecule has 1 amide bonds. The molecule has 0 spiro atoms. The Morgan fingerprint density at radius 3 is 3.00 bits per heavy atom. The highest BCUT2D eigenvalue weighted by Gasteiger charge is 2.24. The molecule has 1 aromatic carbocycles. The maximum absolute atomic E-state index is 12.3. The van der Waals surface area contributed by atoms with E-state index in [2.05, 4.69) is 4.98 Å². The molecule has 4 nitrogen and oxygen atoms in total. The number of hydrogen-bond acceptors (Lipinski definition) is 3. The molecule has 1 atom stereocenters. The molecule has 0 aliphatic carbocycles. The van der Waals surface area contributed by atoms with Gasteiger partial charge in [-0.05, 0) is 12.1 Å². The number of hydrogen-bond donors (Lipinski definition) is 0. The van der Waals surface area contributed by atoms with Crippen LogP contribution in [0.2, 0.25) is 0 Å². The summed E-state index contributed by atoms with van der Waals surface area (Å²) in [6.07, 6.45) is 0. The van der Waals surface area contributed by atoms with Crippen molar-refractivity contribution >= 4 is 28.4 Å². The van der Waals surface area contributed by atoms with Crippen LogP contribution in [-0.2, 0) is 4.74 Å². The number of carbonyl (C=O) groups is 1. The molecule has 0 bridgehead atoms. The Morgan fingerprint density at radius 1 is 1.32 bits per heavy atom. The third-order valence-corrected chi connectivity index (χ3v) is 3.39. The topological polar surface area (TPSA) is 42.4 Å². The molecule has 0 radical (unpaired) electrons. The largest absolute Gasteiger partial charge is 0.359 e. The number of para-hydroxylation sites is 1. The summed E-state index contributed by atoms with van der Waals surface area (Å²) < 4.78 is 5.22. The van der Waals surface area contributed by atoms with Gasteiger partial charge in [0.05, 0.1) is 18.7 Å². The summed E-state index contributed by atoms with van der Waals surface area (Å²) >= 11 is 5.90. The predicted octanol–water partition coefficient (Wildman–Crippen LogP) is 2.27. The van der Waals surface area contributed by atoms with E-state index >= 15 is 0 Å². The van der Waals surface area contributed by atoms with E-state index in [1.165, 1.54) is 0 Å². The fourth-order valence-corrected chi connectivity index (χ4v) is 2.40. The minimum Gasteiger partial charge on any atom is -0.359 e. The highest BCUT2D eigenvalue weighted by Crippen LogP contribution is 2.15. The molecule has 1 aliphatic rings. The summed E-state index contributed by atoms with van der Waals surface area (Å²) in [5.41, 5.74) is 0.839. The van der Waals surface area contributed by atoms with Crippen LogP contribution in [0.25, 0.3) is 10.9 Å². The second-order valence-electron chi connectivity index (χ2n) is 4.42. The SMILES string of the molecule is O=C(c1ccc2ccccc2n1)N1CCOC(Cl)C1. The Balaban J connectivity index is 1.88. The quantitative estimate of drug-likeness (QED) is 0.751. The Hall–Kier alpha value is -1.65. The van der Waals surface area contributed by atoms with Crippen LogP contribution in [0.15, 0.2) is 36.4 Å². The van der Waals surface area contributed by atoms with E-state index in [-0.39, 0.29) is 5.91 Å². The van der Waals surface area contributed by atoms with E-state index in [0.29, 0.717) is 25.4 Å². The fourth-order valence-electron chi connectivity index (χ4n) is 2.14. The van der Waals surface area contributed by atoms with E-state index in [1.54, 1.807) is 11.0 Å². The lowest BCUT2D eigenvalue weighted by Gasteiger charge is -2.29. The van der Waals surface area contributed by atoms with Crippen LogP contribution >= 0.6 is 11.6 Å². The summed E-state index contributed by atoms with van der Waals surface area (Å²) in [4.78, 5) is 18.4. The number of morpholine rings is 1. The second-order valence-corrected chi connectivity index (χ2v) is 4.91. The van der Waals surface area contributed by atoms with Crippen LogP contribution in [0.5, 0.6) is 0 Å². The molecule has 0 N–H and O–H groups in total. The van der Waals surface area contributed by atoms with Crippen molar-refractivity contribution in [2.45, 2.75) is 5.56 Å². The average Bonchev–Trinajstić information content (AvgIpc) is 2.46. The smallest absolute Gasteiger partial charge is 0.272 e. The van der Waals surface area contributed by atoms with E-state index < -0.39 is 5.56 Å². The van der Waals surface area contributed by atoms with Gasteiger partial charge >= 0.3 is 0 Å². The van der Waals surface area contributed by atoms with Gasteiger partial charge in [-0.3, -0.25) is 4.79 Å². The van der Waals surface area contributed by atoms with Gasteiger partial charge in [0.2, 0.25) is 0 Å². The molecular formula is C14H13ClN2O2. The molecule has 3 rings (SSSR count). The molecule has 2 aromatic rings. The van der Waals surface area contributed by atoms with Crippen LogP contribution in [0, 0.1) is 0 Å². The number of rotatable bonds is 1. The van der Waals surface area contributed by atoms with Crippen molar-refractivity contribution in [1.82, 2.24) is 9.88 Å². The van der Waals surface area contributed by atoms with E-state index in [4.69, 9.17) is 16.3 Å². The van der Waals surface area contributed by atoms with Crippen molar-refractivity contribution in [3.63, 3.8) is 0 Å². The van der Waals surface area contributed by atoms with Crippen molar-refractivity contribution in [1.29, 1.82) is 0 Å². The molecule has 2 heterocycles. The lowest BCUT2D eigenvalue weighted by Crippen LogP contribution is -2.44. The number of alkyl halides is 1. The first-order chi connectivity index (χ1) is 9.24. The Kier molecular flexibility index (Phi) is 3.36. The number of pyridine rings is 1. The summed E-state index contributed by atoms with van der Waals surface area (Å²) in [6, 6.07) is 11.4.